The maximum absolute atomic E-state index is 13.6. The number of rotatable bonds is 3. The first-order valence-corrected chi connectivity index (χ1v) is 7.45. The Morgan fingerprint density at radius 2 is 1.95 bits per heavy atom. The fourth-order valence-corrected chi connectivity index (χ4v) is 2.74. The number of nitrogens with two attached hydrogens (primary N) is 1. The van der Waals surface area contributed by atoms with Crippen LogP contribution in [0.3, 0.4) is 0 Å². The average molecular weight is 342 g/mol. The molecule has 0 aromatic heterocycles. The molecule has 1 aromatic rings. The van der Waals surface area contributed by atoms with E-state index in [1.807, 2.05) is 0 Å². The van der Waals surface area contributed by atoms with Crippen LogP contribution < -0.4 is 14.8 Å². The topological polar surface area (TPSA) is 89.7 Å². The minimum Gasteiger partial charge on any atom is -0.403 e. The molecule has 1 atom stereocenters. The van der Waals surface area contributed by atoms with E-state index < -0.39 is 39.1 Å². The molecule has 1 heterocycles. The van der Waals surface area contributed by atoms with E-state index in [0.29, 0.717) is 12.1 Å². The molecule has 0 spiro atoms. The maximum Gasteiger partial charge on any atom is 0.573 e. The molecule has 1 unspecified atom stereocenters. The van der Waals surface area contributed by atoms with Crippen molar-refractivity contribution in [1.82, 2.24) is 0 Å². The van der Waals surface area contributed by atoms with Gasteiger partial charge < -0.3 is 9.64 Å². The number of alkyl halides is 3. The smallest absolute Gasteiger partial charge is 0.403 e. The van der Waals surface area contributed by atoms with Gasteiger partial charge in [-0.1, -0.05) is 0 Å². The van der Waals surface area contributed by atoms with E-state index in [9.17, 15) is 30.8 Å². The van der Waals surface area contributed by atoms with Gasteiger partial charge in [-0.25, -0.2) is 17.9 Å². The zero-order valence-corrected chi connectivity index (χ0v) is 11.6. The van der Waals surface area contributed by atoms with Gasteiger partial charge in [-0.15, -0.1) is 13.2 Å². The molecule has 6 nitrogen and oxygen atoms in total. The second-order valence-electron chi connectivity index (χ2n) is 4.58. The second-order valence-corrected chi connectivity index (χ2v) is 6.43. The highest BCUT2D eigenvalue weighted by atomic mass is 32.2. The average Bonchev–Trinajstić information content (AvgIpc) is 2.72. The summed E-state index contributed by atoms with van der Waals surface area (Å²) in [7, 11) is -3.95. The second kappa shape index (κ2) is 5.39. The molecule has 0 saturated carbocycles. The van der Waals surface area contributed by atoms with Crippen molar-refractivity contribution in [2.24, 2.45) is 5.14 Å². The lowest BCUT2D eigenvalue weighted by molar-refractivity contribution is -0.275. The molecular weight excluding hydrogens is 332 g/mol. The van der Waals surface area contributed by atoms with Crippen molar-refractivity contribution in [2.45, 2.75) is 18.0 Å². The number of carbonyl (C=O) groups excluding carboxylic acids is 1. The highest BCUT2D eigenvalue weighted by Gasteiger charge is 2.38. The van der Waals surface area contributed by atoms with Gasteiger partial charge in [0.25, 0.3) is 0 Å². The van der Waals surface area contributed by atoms with Gasteiger partial charge in [0, 0.05) is 24.7 Å². The van der Waals surface area contributed by atoms with Crippen LogP contribution in [0.1, 0.15) is 6.42 Å². The molecule has 11 heteroatoms. The van der Waals surface area contributed by atoms with Crippen LogP contribution >= 0.6 is 0 Å². The lowest BCUT2D eigenvalue weighted by Gasteiger charge is -2.17. The molecule has 0 aliphatic carbocycles. The van der Waals surface area contributed by atoms with Crippen molar-refractivity contribution in [3.8, 4) is 5.75 Å². The van der Waals surface area contributed by atoms with E-state index in [0.717, 1.165) is 11.0 Å². The number of hydrogen-bond acceptors (Lipinski definition) is 4. The van der Waals surface area contributed by atoms with Gasteiger partial charge in [-0.2, -0.15) is 0 Å². The van der Waals surface area contributed by atoms with Crippen LogP contribution in [-0.4, -0.2) is 32.5 Å². The first kappa shape index (κ1) is 16.5. The van der Waals surface area contributed by atoms with Crippen molar-refractivity contribution < 1.29 is 35.5 Å². The van der Waals surface area contributed by atoms with Crippen LogP contribution in [0.4, 0.5) is 23.2 Å². The van der Waals surface area contributed by atoms with E-state index >= 15 is 0 Å². The summed E-state index contributed by atoms with van der Waals surface area (Å²) in [6, 6.07) is 2.38. The number of halogens is 4. The molecule has 2 rings (SSSR count). The highest BCUT2D eigenvalue weighted by molar-refractivity contribution is 7.89. The summed E-state index contributed by atoms with van der Waals surface area (Å²) in [6.45, 7) is -0.295. The van der Waals surface area contributed by atoms with Gasteiger partial charge >= 0.3 is 6.36 Å². The predicted octanol–water partition coefficient (Wildman–Crippen LogP) is 1.12. The number of sulfonamides is 1. The van der Waals surface area contributed by atoms with Gasteiger partial charge in [0.05, 0.1) is 0 Å². The molecule has 1 amide bonds. The predicted molar refractivity (Wildman–Crippen MR) is 66.9 cm³/mol. The normalized spacial score (nSPS) is 19.6. The van der Waals surface area contributed by atoms with Crippen molar-refractivity contribution in [3.05, 3.63) is 24.0 Å². The third-order valence-corrected chi connectivity index (χ3v) is 4.25. The van der Waals surface area contributed by atoms with Crippen LogP contribution in [0, 0.1) is 5.82 Å². The maximum atomic E-state index is 13.6. The molecule has 1 aliphatic heterocycles. The molecule has 22 heavy (non-hydrogen) atoms. The van der Waals surface area contributed by atoms with E-state index in [1.54, 1.807) is 0 Å². The van der Waals surface area contributed by atoms with Gasteiger partial charge in [0.2, 0.25) is 15.9 Å². The lowest BCUT2D eigenvalue weighted by Crippen LogP contribution is -2.32. The van der Waals surface area contributed by atoms with E-state index in [1.165, 1.54) is 0 Å². The van der Waals surface area contributed by atoms with Crippen LogP contribution in [0.5, 0.6) is 5.75 Å². The number of anilines is 1. The summed E-state index contributed by atoms with van der Waals surface area (Å²) in [4.78, 5) is 12.7. The van der Waals surface area contributed by atoms with Gasteiger partial charge in [-0.05, 0) is 12.1 Å². The zero-order chi connectivity index (χ0) is 16.7. The first-order chi connectivity index (χ1) is 9.97. The largest absolute Gasteiger partial charge is 0.573 e. The molecule has 1 saturated heterocycles. The van der Waals surface area contributed by atoms with Gasteiger partial charge in [0.15, 0.2) is 11.6 Å². The summed E-state index contributed by atoms with van der Waals surface area (Å²) in [5.74, 6) is -3.00. The third-order valence-electron chi connectivity index (χ3n) is 3.01. The molecule has 122 valence electrons. The first-order valence-electron chi connectivity index (χ1n) is 5.84. The number of primary sulfonamides is 1. The Bertz CT molecular complexity index is 705. The van der Waals surface area contributed by atoms with Gasteiger partial charge in [-0.3, -0.25) is 4.79 Å². The number of ether oxygens (including phenoxy) is 1. The molecule has 1 fully saturated rings. The fourth-order valence-electron chi connectivity index (χ4n) is 2.01. The minimum atomic E-state index is -5.05. The fraction of sp³-hybridized carbons (Fsp3) is 0.364. The SMILES string of the molecule is NS(=O)(=O)C1CC(=O)N(c2ccc(OC(F)(F)F)c(F)c2)C1. The van der Waals surface area contributed by atoms with Crippen LogP contribution in [0.25, 0.3) is 0 Å². The van der Waals surface area contributed by atoms with Crippen molar-refractivity contribution in [1.29, 1.82) is 0 Å². The lowest BCUT2D eigenvalue weighted by atomic mass is 10.2. The number of carbonyl (C=O) groups is 1. The van der Waals surface area contributed by atoms with E-state index in [4.69, 9.17) is 5.14 Å². The molecular formula is C11H10F4N2O4S. The molecule has 1 aliphatic rings. The number of benzene rings is 1. The van der Waals surface area contributed by atoms with Crippen molar-refractivity contribution in [2.75, 3.05) is 11.4 Å². The summed E-state index contributed by atoms with van der Waals surface area (Å²) in [6.07, 6.45) is -5.42. The van der Waals surface area contributed by atoms with Gasteiger partial charge in [0.1, 0.15) is 5.25 Å². The standard InChI is InChI=1S/C11H10F4N2O4S/c12-8-3-6(1-2-9(8)21-11(13,14)15)17-5-7(4-10(17)18)22(16,19)20/h1-3,7H,4-5H2,(H2,16,19,20). The Kier molecular flexibility index (Phi) is 4.04. The third kappa shape index (κ3) is 3.65. The van der Waals surface area contributed by atoms with Crippen molar-refractivity contribution >= 4 is 21.6 Å². The Labute approximate surface area is 122 Å². The zero-order valence-electron chi connectivity index (χ0n) is 10.8. The van der Waals surface area contributed by atoms with Crippen LogP contribution in [0.15, 0.2) is 18.2 Å². The van der Waals surface area contributed by atoms with E-state index in [-0.39, 0.29) is 18.7 Å². The molecule has 0 bridgehead atoms. The minimum absolute atomic E-state index is 0.0804. The van der Waals surface area contributed by atoms with Crippen LogP contribution in [-0.2, 0) is 14.8 Å². The monoisotopic (exact) mass is 342 g/mol. The quantitative estimate of drug-likeness (QED) is 0.834. The Balaban J connectivity index is 2.24. The Morgan fingerprint density at radius 1 is 1.32 bits per heavy atom. The molecule has 2 N–H and O–H groups in total. The number of hydrogen-bond donors (Lipinski definition) is 1. The highest BCUT2D eigenvalue weighted by Crippen LogP contribution is 2.31. The number of nitrogens with zero attached hydrogens (tertiary/aromatic N) is 1. The van der Waals surface area contributed by atoms with Crippen LogP contribution in [0.2, 0.25) is 0 Å². The molecule has 0 radical (unpaired) electrons. The number of amides is 1. The summed E-state index contributed by atoms with van der Waals surface area (Å²) in [5, 5.41) is 3.80. The summed E-state index contributed by atoms with van der Waals surface area (Å²) >= 11 is 0. The Hall–Kier alpha value is -1.88. The van der Waals surface area contributed by atoms with E-state index in [2.05, 4.69) is 4.74 Å². The summed E-state index contributed by atoms with van der Waals surface area (Å²) in [5.41, 5.74) is -0.0804. The molecule has 1 aromatic carbocycles. The Morgan fingerprint density at radius 3 is 2.41 bits per heavy atom. The summed E-state index contributed by atoms with van der Waals surface area (Å²) < 4.78 is 75.6. The van der Waals surface area contributed by atoms with Crippen molar-refractivity contribution in [3.63, 3.8) is 0 Å².